The molecular weight excluding hydrogens is 636 g/mol. The summed E-state index contributed by atoms with van der Waals surface area (Å²) in [7, 11) is 0. The average molecular weight is 725 g/mol. The highest BCUT2D eigenvalue weighted by Crippen LogP contribution is 2.15. The van der Waals surface area contributed by atoms with Crippen LogP contribution in [0.25, 0.3) is 0 Å². The lowest BCUT2D eigenvalue weighted by Gasteiger charge is -2.09. The van der Waals surface area contributed by atoms with E-state index in [9.17, 15) is 9.59 Å². The van der Waals surface area contributed by atoms with E-state index in [2.05, 4.69) is 35.1 Å². The summed E-state index contributed by atoms with van der Waals surface area (Å²) in [5.41, 5.74) is 0. The van der Waals surface area contributed by atoms with Gasteiger partial charge in [-0.1, -0.05) is 194 Å². The molecule has 0 aliphatic carbocycles. The van der Waals surface area contributed by atoms with Crippen molar-refractivity contribution in [3.8, 4) is 0 Å². The van der Waals surface area contributed by atoms with Crippen molar-refractivity contribution in [2.75, 3.05) is 39.3 Å². The summed E-state index contributed by atoms with van der Waals surface area (Å²) in [4.78, 5) is 32.5. The molecule has 0 unspecified atom stereocenters. The Hall–Kier alpha value is -1.67. The molecule has 304 valence electrons. The minimum atomic E-state index is -0.250. The predicted octanol–water partition coefficient (Wildman–Crippen LogP) is 10.6. The molecule has 0 atom stereocenters. The van der Waals surface area contributed by atoms with Gasteiger partial charge in [-0.15, -0.1) is 0 Å². The Morgan fingerprint density at radius 3 is 0.804 bits per heavy atom. The van der Waals surface area contributed by atoms with E-state index in [1.165, 1.54) is 180 Å². The van der Waals surface area contributed by atoms with Crippen molar-refractivity contribution >= 4 is 18.3 Å². The Balaban J connectivity index is 0. The first kappa shape index (κ1) is 51.4. The number of unbranched alkanes of at least 4 members (excludes halogenated alkanes) is 28. The highest BCUT2D eigenvalue weighted by Gasteiger charge is 2.02. The van der Waals surface area contributed by atoms with Crippen molar-refractivity contribution < 1.29 is 19.5 Å². The Bertz CT molecular complexity index is 641. The maximum absolute atomic E-state index is 12.1. The smallest absolute Gasteiger partial charge is 0.290 e. The maximum Gasteiger partial charge on any atom is 0.290 e. The van der Waals surface area contributed by atoms with Crippen molar-refractivity contribution in [1.29, 1.82) is 0 Å². The quantitative estimate of drug-likeness (QED) is 0.0316. The monoisotopic (exact) mass is 725 g/mol. The number of amides is 2. The van der Waals surface area contributed by atoms with Crippen LogP contribution in [0, 0.1) is 0 Å². The summed E-state index contributed by atoms with van der Waals surface area (Å²) in [5.74, 6) is 0.370. The third-order valence-corrected chi connectivity index (χ3v) is 9.74. The van der Waals surface area contributed by atoms with Gasteiger partial charge >= 0.3 is 0 Å². The van der Waals surface area contributed by atoms with Crippen molar-refractivity contribution in [1.82, 2.24) is 21.3 Å². The molecule has 2 amide bonds. The van der Waals surface area contributed by atoms with Gasteiger partial charge in [0.05, 0.1) is 0 Å². The summed E-state index contributed by atoms with van der Waals surface area (Å²) >= 11 is 0. The summed E-state index contributed by atoms with van der Waals surface area (Å²) in [6.45, 7) is 9.01. The lowest BCUT2D eigenvalue weighted by Crippen LogP contribution is -2.37. The first-order valence-electron chi connectivity index (χ1n) is 22.1. The van der Waals surface area contributed by atoms with E-state index in [1.807, 2.05) is 0 Å². The first-order valence-corrected chi connectivity index (χ1v) is 22.1. The van der Waals surface area contributed by atoms with Crippen LogP contribution in [-0.4, -0.2) is 62.7 Å². The number of hydrogen-bond donors (Lipinski definition) is 5. The molecule has 8 heteroatoms. The topological polar surface area (TPSA) is 120 Å². The lowest BCUT2D eigenvalue weighted by molar-refractivity contribution is -0.123. The van der Waals surface area contributed by atoms with Gasteiger partial charge in [0.1, 0.15) is 0 Å². The third-order valence-electron chi connectivity index (χ3n) is 9.74. The van der Waals surface area contributed by atoms with E-state index in [0.29, 0.717) is 25.9 Å². The minimum absolute atomic E-state index is 0.185. The van der Waals surface area contributed by atoms with Gasteiger partial charge in [0.15, 0.2) is 0 Å². The second kappa shape index (κ2) is 48.3. The van der Waals surface area contributed by atoms with Gasteiger partial charge in [-0.3, -0.25) is 14.4 Å². The number of rotatable bonds is 41. The van der Waals surface area contributed by atoms with Crippen molar-refractivity contribution in [2.45, 2.75) is 219 Å². The van der Waals surface area contributed by atoms with Gasteiger partial charge in [-0.05, 0) is 12.8 Å². The fourth-order valence-corrected chi connectivity index (χ4v) is 6.50. The van der Waals surface area contributed by atoms with Crippen LogP contribution in [-0.2, 0) is 14.4 Å². The normalized spacial score (nSPS) is 10.9. The Morgan fingerprint density at radius 2 is 0.569 bits per heavy atom. The van der Waals surface area contributed by atoms with Gasteiger partial charge in [-0.2, -0.15) is 0 Å². The number of carbonyl (C=O) groups excluding carboxylic acids is 2. The standard InChI is InChI=1S/C42H86N4O2.CH2O2/c1-3-5-7-9-11-13-15-17-19-21-23-25-27-29-31-33-41(47)45-39-37-43-35-36-44-38-40-46-42(48)34-32-30-28-26-24-22-20-18-16-14-12-10-8-6-4-2;2-1-3/h43-44H,3-40H2,1-2H3,(H,45,47)(H,46,48);1H,(H,2,3). The number of carboxylic acid groups (broad SMARTS) is 1. The van der Waals surface area contributed by atoms with E-state index in [0.717, 1.165) is 39.0 Å². The highest BCUT2D eigenvalue weighted by molar-refractivity contribution is 5.76. The van der Waals surface area contributed by atoms with Crippen LogP contribution in [0.2, 0.25) is 0 Å². The first-order chi connectivity index (χ1) is 25.1. The van der Waals surface area contributed by atoms with Gasteiger partial charge in [-0.25, -0.2) is 0 Å². The van der Waals surface area contributed by atoms with Crippen molar-refractivity contribution in [2.24, 2.45) is 0 Å². The lowest BCUT2D eigenvalue weighted by atomic mass is 10.0. The van der Waals surface area contributed by atoms with Crippen LogP contribution in [0.1, 0.15) is 219 Å². The van der Waals surface area contributed by atoms with Crippen LogP contribution in [0.3, 0.4) is 0 Å². The van der Waals surface area contributed by atoms with E-state index in [4.69, 9.17) is 9.90 Å². The van der Waals surface area contributed by atoms with E-state index in [1.54, 1.807) is 0 Å². The molecule has 0 aromatic rings. The second-order valence-corrected chi connectivity index (χ2v) is 14.7. The fraction of sp³-hybridized carbons (Fsp3) is 0.930. The zero-order valence-corrected chi connectivity index (χ0v) is 34.1. The number of carbonyl (C=O) groups is 3. The van der Waals surface area contributed by atoms with Gasteiger partial charge in [0, 0.05) is 52.1 Å². The molecule has 5 N–H and O–H groups in total. The summed E-state index contributed by atoms with van der Waals surface area (Å²) < 4.78 is 0. The Morgan fingerprint density at radius 1 is 0.373 bits per heavy atom. The Labute approximate surface area is 317 Å². The van der Waals surface area contributed by atoms with Crippen LogP contribution in [0.4, 0.5) is 0 Å². The maximum atomic E-state index is 12.1. The van der Waals surface area contributed by atoms with Gasteiger partial charge in [0.2, 0.25) is 11.8 Å². The largest absolute Gasteiger partial charge is 0.483 e. The van der Waals surface area contributed by atoms with Crippen LogP contribution in [0.15, 0.2) is 0 Å². The summed E-state index contributed by atoms with van der Waals surface area (Å²) in [6.07, 6.45) is 41.8. The molecule has 0 radical (unpaired) electrons. The van der Waals surface area contributed by atoms with E-state index >= 15 is 0 Å². The fourth-order valence-electron chi connectivity index (χ4n) is 6.50. The summed E-state index contributed by atoms with van der Waals surface area (Å²) in [5, 5.41) is 19.7. The van der Waals surface area contributed by atoms with Crippen molar-refractivity contribution in [3.05, 3.63) is 0 Å². The summed E-state index contributed by atoms with van der Waals surface area (Å²) in [6, 6.07) is 0. The number of hydrogen-bond acceptors (Lipinski definition) is 5. The van der Waals surface area contributed by atoms with E-state index in [-0.39, 0.29) is 18.3 Å². The molecule has 0 spiro atoms. The molecule has 0 aliphatic rings. The zero-order valence-electron chi connectivity index (χ0n) is 34.1. The molecule has 0 fully saturated rings. The Kier molecular flexibility index (Phi) is 48.7. The molecule has 51 heavy (non-hydrogen) atoms. The molecule has 0 heterocycles. The van der Waals surface area contributed by atoms with Crippen molar-refractivity contribution in [3.63, 3.8) is 0 Å². The number of nitrogens with one attached hydrogen (secondary N) is 4. The molecule has 0 saturated carbocycles. The molecular formula is C43H88N4O4. The molecule has 8 nitrogen and oxygen atoms in total. The van der Waals surface area contributed by atoms with Gasteiger partial charge in [0.25, 0.3) is 6.47 Å². The SMILES string of the molecule is CCCCCCCCCCCCCCCCCC(=O)NCCNCCNCCNC(=O)CCCCCCCCCCCCCCCCC.O=CO. The molecule has 0 saturated heterocycles. The van der Waals surface area contributed by atoms with Crippen LogP contribution >= 0.6 is 0 Å². The predicted molar refractivity (Wildman–Crippen MR) is 220 cm³/mol. The molecule has 0 rings (SSSR count). The van der Waals surface area contributed by atoms with Crippen LogP contribution < -0.4 is 21.3 Å². The minimum Gasteiger partial charge on any atom is -0.483 e. The molecule has 0 aliphatic heterocycles. The van der Waals surface area contributed by atoms with E-state index < -0.39 is 0 Å². The zero-order chi connectivity index (χ0) is 37.6. The molecule has 0 bridgehead atoms. The third kappa shape index (κ3) is 50.5. The molecule has 0 aromatic carbocycles. The average Bonchev–Trinajstić information content (AvgIpc) is 3.12. The van der Waals surface area contributed by atoms with Crippen LogP contribution in [0.5, 0.6) is 0 Å². The molecule has 0 aromatic heterocycles. The second-order valence-electron chi connectivity index (χ2n) is 14.7. The highest BCUT2D eigenvalue weighted by atomic mass is 16.3. The van der Waals surface area contributed by atoms with Gasteiger partial charge < -0.3 is 26.4 Å².